The van der Waals surface area contributed by atoms with Crippen LogP contribution in [0, 0.1) is 0 Å². The fourth-order valence-electron chi connectivity index (χ4n) is 3.77. The number of allylic oxidation sites excluding steroid dienone is 2. The Morgan fingerprint density at radius 3 is 2.82 bits per heavy atom. The van der Waals surface area contributed by atoms with E-state index in [-0.39, 0.29) is 5.78 Å². The van der Waals surface area contributed by atoms with Crippen LogP contribution in [-0.4, -0.2) is 27.2 Å². The maximum absolute atomic E-state index is 12.7. The highest BCUT2D eigenvalue weighted by Gasteiger charge is 2.34. The quantitative estimate of drug-likeness (QED) is 0.318. The first-order valence-corrected chi connectivity index (χ1v) is 12.8. The van der Waals surface area contributed by atoms with Gasteiger partial charge in [0, 0.05) is 32.1 Å². The monoisotopic (exact) mass is 546 g/mol. The van der Waals surface area contributed by atoms with E-state index in [0.29, 0.717) is 34.1 Å². The van der Waals surface area contributed by atoms with Gasteiger partial charge in [-0.1, -0.05) is 64.4 Å². The lowest BCUT2D eigenvalue weighted by atomic mass is 9.92. The number of thioether (sulfide) groups is 1. The van der Waals surface area contributed by atoms with Crippen molar-refractivity contribution in [1.82, 2.24) is 14.8 Å². The van der Waals surface area contributed by atoms with Gasteiger partial charge in [0.25, 0.3) is 0 Å². The number of carbonyl (C=O) groups is 1. The lowest BCUT2D eigenvalue weighted by molar-refractivity contribution is -0.114. The molecule has 4 rings (SSSR count). The van der Waals surface area contributed by atoms with Crippen LogP contribution in [0.25, 0.3) is 0 Å². The third kappa shape index (κ3) is 5.13. The molecule has 0 amide bonds. The summed E-state index contributed by atoms with van der Waals surface area (Å²) in [5.41, 5.74) is 3.27. The van der Waals surface area contributed by atoms with Crippen LogP contribution in [0.15, 0.2) is 63.4 Å². The number of Topliss-reactive ketones (excluding diaryl/α,β-unsaturated/α-hetero) is 1. The van der Waals surface area contributed by atoms with Crippen molar-refractivity contribution in [2.75, 3.05) is 11.9 Å². The van der Waals surface area contributed by atoms with Gasteiger partial charge in [-0.25, -0.2) is 4.68 Å². The molecule has 1 atom stereocenters. The van der Waals surface area contributed by atoms with E-state index in [1.54, 1.807) is 11.6 Å². The molecule has 172 valence electrons. The Morgan fingerprint density at radius 2 is 2.09 bits per heavy atom. The molecule has 1 N–H and O–H groups in total. The highest BCUT2D eigenvalue weighted by molar-refractivity contribution is 9.10. The second-order valence-electron chi connectivity index (χ2n) is 7.70. The van der Waals surface area contributed by atoms with Gasteiger partial charge < -0.3 is 10.1 Å². The Hall–Kier alpha value is -2.29. The molecular weight excluding hydrogens is 524 g/mol. The molecule has 0 spiro atoms. The van der Waals surface area contributed by atoms with Crippen molar-refractivity contribution < 1.29 is 9.53 Å². The van der Waals surface area contributed by atoms with Crippen LogP contribution in [0.3, 0.4) is 0 Å². The van der Waals surface area contributed by atoms with Gasteiger partial charge in [-0.15, -0.1) is 5.10 Å². The molecule has 0 saturated heterocycles. The second kappa shape index (κ2) is 10.3. The van der Waals surface area contributed by atoms with Crippen LogP contribution in [0.1, 0.15) is 44.4 Å². The summed E-state index contributed by atoms with van der Waals surface area (Å²) in [5.74, 6) is 1.93. The number of nitrogens with zero attached hydrogens (tertiary/aromatic N) is 3. The number of ketones is 1. The fourth-order valence-corrected chi connectivity index (χ4v) is 5.26. The summed E-state index contributed by atoms with van der Waals surface area (Å²) in [6.07, 6.45) is 0.883. The van der Waals surface area contributed by atoms with Crippen molar-refractivity contribution in [2.45, 2.75) is 44.1 Å². The van der Waals surface area contributed by atoms with Gasteiger partial charge in [0.1, 0.15) is 11.8 Å². The maximum atomic E-state index is 12.7. The van der Waals surface area contributed by atoms with Gasteiger partial charge in [-0.05, 0) is 50.1 Å². The molecule has 2 heterocycles. The third-order valence-electron chi connectivity index (χ3n) is 5.26. The zero-order chi connectivity index (χ0) is 23.5. The largest absolute Gasteiger partial charge is 0.493 e. The molecule has 0 bridgehead atoms. The zero-order valence-electron chi connectivity index (χ0n) is 18.6. The molecule has 0 saturated carbocycles. The van der Waals surface area contributed by atoms with Gasteiger partial charge >= 0.3 is 0 Å². The van der Waals surface area contributed by atoms with E-state index < -0.39 is 6.04 Å². The Morgan fingerprint density at radius 1 is 1.30 bits per heavy atom. The number of anilines is 1. The summed E-state index contributed by atoms with van der Waals surface area (Å²) in [7, 11) is 0. The summed E-state index contributed by atoms with van der Waals surface area (Å²) in [6.45, 7) is 6.11. The van der Waals surface area contributed by atoms with E-state index in [1.807, 2.05) is 49.4 Å². The van der Waals surface area contributed by atoms with Crippen molar-refractivity contribution in [1.29, 1.82) is 0 Å². The Balaban J connectivity index is 1.75. The van der Waals surface area contributed by atoms with Crippen LogP contribution in [0.2, 0.25) is 5.02 Å². The molecule has 1 aliphatic heterocycles. The molecule has 6 nitrogen and oxygen atoms in total. The van der Waals surface area contributed by atoms with E-state index in [2.05, 4.69) is 28.2 Å². The van der Waals surface area contributed by atoms with Gasteiger partial charge in [0.2, 0.25) is 11.1 Å². The number of rotatable bonds is 8. The van der Waals surface area contributed by atoms with Crippen molar-refractivity contribution in [2.24, 2.45) is 0 Å². The second-order valence-corrected chi connectivity index (χ2v) is 9.96. The van der Waals surface area contributed by atoms with E-state index >= 15 is 0 Å². The molecular formula is C24H24BrClN4O2S. The van der Waals surface area contributed by atoms with Crippen molar-refractivity contribution >= 4 is 51.0 Å². The number of hydrogen-bond acceptors (Lipinski definition) is 6. The highest BCUT2D eigenvalue weighted by Crippen LogP contribution is 2.41. The number of nitrogens with one attached hydrogen (secondary N) is 1. The number of halogens is 2. The number of hydrogen-bond donors (Lipinski definition) is 1. The minimum absolute atomic E-state index is 0.0298. The van der Waals surface area contributed by atoms with E-state index in [0.717, 1.165) is 33.5 Å². The summed E-state index contributed by atoms with van der Waals surface area (Å²) in [5, 5.41) is 9.35. The maximum Gasteiger partial charge on any atom is 0.227 e. The zero-order valence-corrected chi connectivity index (χ0v) is 21.7. The summed E-state index contributed by atoms with van der Waals surface area (Å²) in [6, 6.07) is 13.1. The van der Waals surface area contributed by atoms with Gasteiger partial charge in [-0.2, -0.15) is 4.98 Å². The molecule has 0 radical (unpaired) electrons. The first-order valence-electron chi connectivity index (χ1n) is 10.6. The molecule has 3 aromatic rings. The topological polar surface area (TPSA) is 69.0 Å². The van der Waals surface area contributed by atoms with Crippen molar-refractivity contribution in [3.63, 3.8) is 0 Å². The minimum atomic E-state index is -0.453. The predicted octanol–water partition coefficient (Wildman–Crippen LogP) is 6.65. The summed E-state index contributed by atoms with van der Waals surface area (Å²) in [4.78, 5) is 17.4. The van der Waals surface area contributed by atoms with Crippen molar-refractivity contribution in [3.8, 4) is 5.75 Å². The first-order chi connectivity index (χ1) is 15.9. The van der Waals surface area contributed by atoms with Gasteiger partial charge in [-0.3, -0.25) is 4.79 Å². The molecule has 1 unspecified atom stereocenters. The molecule has 1 aromatic heterocycles. The Labute approximate surface area is 210 Å². The van der Waals surface area contributed by atoms with Crippen LogP contribution < -0.4 is 10.1 Å². The minimum Gasteiger partial charge on any atom is -0.493 e. The summed E-state index contributed by atoms with van der Waals surface area (Å²) >= 11 is 11.4. The normalized spacial score (nSPS) is 15.2. The average molecular weight is 548 g/mol. The number of ether oxygens (including phenoxy) is 1. The standard InChI is InChI=1S/C24H24BrClN4O2S/c1-4-11-32-20-10-9-17(25)12-18(20)22-21(15(3)31)14(2)27-23-28-24(29-30(22)23)33-13-16-7-5-6-8-19(16)26/h5-10,12,22H,4,11,13H2,1-3H3,(H,27,28,29). The van der Waals surface area contributed by atoms with Crippen LogP contribution >= 0.6 is 39.3 Å². The number of aromatic nitrogens is 3. The molecule has 2 aromatic carbocycles. The van der Waals surface area contributed by atoms with Crippen LogP contribution in [0.5, 0.6) is 5.75 Å². The fraction of sp³-hybridized carbons (Fsp3) is 0.292. The van der Waals surface area contributed by atoms with Crippen LogP contribution in [0.4, 0.5) is 5.95 Å². The Bertz CT molecular complexity index is 1230. The van der Waals surface area contributed by atoms with E-state index in [1.165, 1.54) is 11.8 Å². The predicted molar refractivity (Wildman–Crippen MR) is 136 cm³/mol. The van der Waals surface area contributed by atoms with Gasteiger partial charge in [0.15, 0.2) is 5.78 Å². The number of benzene rings is 2. The third-order valence-corrected chi connectivity index (χ3v) is 7.00. The lowest BCUT2D eigenvalue weighted by Crippen LogP contribution is -2.28. The number of fused-ring (bicyclic) bond motifs is 1. The molecule has 9 heteroatoms. The SMILES string of the molecule is CCCOc1ccc(Br)cc1C1C(C(C)=O)=C(C)Nc2nc(SCc3ccccc3Cl)nn21. The highest BCUT2D eigenvalue weighted by atomic mass is 79.9. The average Bonchev–Trinajstić information content (AvgIpc) is 3.19. The van der Waals surface area contributed by atoms with Crippen molar-refractivity contribution in [3.05, 3.63) is 74.4 Å². The molecule has 0 aliphatic carbocycles. The molecule has 0 fully saturated rings. The smallest absolute Gasteiger partial charge is 0.227 e. The number of carbonyl (C=O) groups excluding carboxylic acids is 1. The Kier molecular flexibility index (Phi) is 7.46. The summed E-state index contributed by atoms with van der Waals surface area (Å²) < 4.78 is 8.72. The van der Waals surface area contributed by atoms with E-state index in [4.69, 9.17) is 26.4 Å². The van der Waals surface area contributed by atoms with E-state index in [9.17, 15) is 4.79 Å². The molecule has 1 aliphatic rings. The lowest BCUT2D eigenvalue weighted by Gasteiger charge is -2.29. The molecule has 33 heavy (non-hydrogen) atoms. The van der Waals surface area contributed by atoms with Crippen LogP contribution in [-0.2, 0) is 10.5 Å². The first kappa shape index (κ1) is 23.9. The van der Waals surface area contributed by atoms with Gasteiger partial charge in [0.05, 0.1) is 6.61 Å².